The van der Waals surface area contributed by atoms with Crippen LogP contribution in [-0.4, -0.2) is 21.1 Å². The van der Waals surface area contributed by atoms with Crippen molar-refractivity contribution >= 4 is 56.5 Å². The van der Waals surface area contributed by atoms with Crippen LogP contribution in [0.2, 0.25) is 5.02 Å². The minimum absolute atomic E-state index is 0.0454. The number of hydrogen-bond donors (Lipinski definition) is 1. The van der Waals surface area contributed by atoms with Crippen molar-refractivity contribution in [3.8, 4) is 0 Å². The number of aromatic nitrogens is 2. The molecule has 2 aromatic heterocycles. The van der Waals surface area contributed by atoms with Crippen LogP contribution in [0.4, 0.5) is 18.9 Å². The third-order valence-electron chi connectivity index (χ3n) is 5.27. The topological polar surface area (TPSA) is 54.9 Å². The fourth-order valence-corrected chi connectivity index (χ4v) is 6.11. The highest BCUT2D eigenvalue weighted by atomic mass is 35.5. The van der Waals surface area contributed by atoms with Crippen molar-refractivity contribution in [1.82, 2.24) is 9.97 Å². The van der Waals surface area contributed by atoms with Gasteiger partial charge in [-0.15, -0.1) is 11.3 Å². The van der Waals surface area contributed by atoms with E-state index < -0.39 is 22.9 Å². The molecule has 1 aromatic carbocycles. The van der Waals surface area contributed by atoms with Crippen LogP contribution in [0.15, 0.2) is 29.6 Å². The number of thiophene rings is 1. The molecule has 0 saturated carbocycles. The van der Waals surface area contributed by atoms with Gasteiger partial charge in [0.1, 0.15) is 16.2 Å². The first-order valence-electron chi connectivity index (χ1n) is 9.73. The van der Waals surface area contributed by atoms with Gasteiger partial charge in [0.05, 0.1) is 21.5 Å². The van der Waals surface area contributed by atoms with Crippen molar-refractivity contribution in [3.05, 3.63) is 45.6 Å². The number of fused-ring (bicyclic) bond motifs is 3. The molecule has 10 heteroatoms. The first-order chi connectivity index (χ1) is 14.6. The summed E-state index contributed by atoms with van der Waals surface area (Å²) in [4.78, 5) is 23.8. The SMILES string of the molecule is C[C@H]1CCc2c(sc3ncnc(S[C@@H](C)C(=O)Nc4cc(C(F)(F)F)ccc4Cl)c23)C1. The molecule has 0 aliphatic heterocycles. The van der Waals surface area contributed by atoms with E-state index in [1.165, 1.54) is 28.5 Å². The minimum Gasteiger partial charge on any atom is -0.324 e. The number of anilines is 1. The molecule has 2 heterocycles. The Bertz CT molecular complexity index is 1150. The fraction of sp³-hybridized carbons (Fsp3) is 0.381. The molecule has 1 N–H and O–H groups in total. The van der Waals surface area contributed by atoms with Crippen LogP contribution in [-0.2, 0) is 23.8 Å². The van der Waals surface area contributed by atoms with Crippen LogP contribution in [0.5, 0.6) is 0 Å². The summed E-state index contributed by atoms with van der Waals surface area (Å²) in [6.07, 6.45) is 0.0429. The molecule has 4 nitrogen and oxygen atoms in total. The molecule has 31 heavy (non-hydrogen) atoms. The van der Waals surface area contributed by atoms with Crippen LogP contribution in [0.3, 0.4) is 0 Å². The number of hydrogen-bond acceptors (Lipinski definition) is 5. The van der Waals surface area contributed by atoms with Gasteiger partial charge in [0.25, 0.3) is 0 Å². The first-order valence-corrected chi connectivity index (χ1v) is 11.8. The summed E-state index contributed by atoms with van der Waals surface area (Å²) in [6.45, 7) is 3.93. The lowest BCUT2D eigenvalue weighted by Gasteiger charge is -2.18. The average Bonchev–Trinajstić information content (AvgIpc) is 3.07. The van der Waals surface area contributed by atoms with E-state index >= 15 is 0 Å². The average molecular weight is 486 g/mol. The number of carbonyl (C=O) groups is 1. The molecule has 1 amide bonds. The standard InChI is InChI=1S/C21H19ClF3N3OS2/c1-10-3-5-13-16(7-10)31-20-17(13)19(26-9-27-20)30-11(2)18(29)28-15-8-12(21(23,24)25)4-6-14(15)22/h4,6,8-11H,3,5,7H2,1-2H3,(H,28,29)/t10-,11-/m0/s1. The van der Waals surface area contributed by atoms with Crippen LogP contribution in [0.25, 0.3) is 10.2 Å². The van der Waals surface area contributed by atoms with E-state index in [0.717, 1.165) is 52.7 Å². The normalized spacial score (nSPS) is 17.4. The second-order valence-corrected chi connectivity index (χ2v) is 10.5. The van der Waals surface area contributed by atoms with Gasteiger partial charge in [0.2, 0.25) is 5.91 Å². The van der Waals surface area contributed by atoms with E-state index in [-0.39, 0.29) is 10.7 Å². The zero-order valence-corrected chi connectivity index (χ0v) is 19.1. The molecular weight excluding hydrogens is 467 g/mol. The number of thioether (sulfide) groups is 1. The number of alkyl halides is 3. The van der Waals surface area contributed by atoms with E-state index in [4.69, 9.17) is 11.6 Å². The number of rotatable bonds is 4. The van der Waals surface area contributed by atoms with Crippen molar-refractivity contribution < 1.29 is 18.0 Å². The Hall–Kier alpha value is -1.84. The number of nitrogens with zero attached hydrogens (tertiary/aromatic N) is 2. The molecule has 0 saturated heterocycles. The molecule has 3 aromatic rings. The monoisotopic (exact) mass is 485 g/mol. The summed E-state index contributed by atoms with van der Waals surface area (Å²) in [5.74, 6) is 0.183. The van der Waals surface area contributed by atoms with Crippen LogP contribution in [0, 0.1) is 5.92 Å². The van der Waals surface area contributed by atoms with Gasteiger partial charge in [-0.25, -0.2) is 9.97 Å². The maximum atomic E-state index is 13.0. The van der Waals surface area contributed by atoms with E-state index in [1.807, 2.05) is 0 Å². The summed E-state index contributed by atoms with van der Waals surface area (Å²) in [5.41, 5.74) is 0.322. The van der Waals surface area contributed by atoms with Crippen molar-refractivity contribution in [3.63, 3.8) is 0 Å². The summed E-state index contributed by atoms with van der Waals surface area (Å²) >= 11 is 8.95. The fourth-order valence-electron chi connectivity index (χ4n) is 3.59. The van der Waals surface area contributed by atoms with E-state index in [0.29, 0.717) is 5.92 Å². The van der Waals surface area contributed by atoms with Crippen molar-refractivity contribution in [1.29, 1.82) is 0 Å². The Balaban J connectivity index is 1.56. The maximum Gasteiger partial charge on any atom is 0.416 e. The maximum absolute atomic E-state index is 13.0. The van der Waals surface area contributed by atoms with Gasteiger partial charge in [-0.2, -0.15) is 13.2 Å². The molecule has 4 rings (SSSR count). The van der Waals surface area contributed by atoms with Gasteiger partial charge in [0, 0.05) is 10.3 Å². The zero-order valence-electron chi connectivity index (χ0n) is 16.7. The van der Waals surface area contributed by atoms with Gasteiger partial charge in [0.15, 0.2) is 0 Å². The zero-order chi connectivity index (χ0) is 22.3. The Morgan fingerprint density at radius 2 is 2.13 bits per heavy atom. The summed E-state index contributed by atoms with van der Waals surface area (Å²) in [5, 5.41) is 3.68. The molecule has 2 atom stereocenters. The molecule has 1 aliphatic carbocycles. The lowest BCUT2D eigenvalue weighted by Crippen LogP contribution is -2.23. The molecule has 0 bridgehead atoms. The number of carbonyl (C=O) groups excluding carboxylic acids is 1. The van der Waals surface area contributed by atoms with Gasteiger partial charge in [-0.1, -0.05) is 30.3 Å². The quantitative estimate of drug-likeness (QED) is 0.334. The highest BCUT2D eigenvalue weighted by Gasteiger charge is 2.31. The molecule has 0 fully saturated rings. The number of nitrogens with one attached hydrogen (secondary N) is 1. The predicted molar refractivity (Wildman–Crippen MR) is 119 cm³/mol. The number of halogens is 4. The predicted octanol–water partition coefficient (Wildman–Crippen LogP) is 6.61. The largest absolute Gasteiger partial charge is 0.416 e. The van der Waals surface area contributed by atoms with Crippen LogP contribution < -0.4 is 5.32 Å². The number of benzene rings is 1. The number of aryl methyl sites for hydroxylation is 1. The van der Waals surface area contributed by atoms with Crippen LogP contribution >= 0.6 is 34.7 Å². The molecule has 0 radical (unpaired) electrons. The molecule has 164 valence electrons. The molecule has 0 unspecified atom stereocenters. The molecule has 0 spiro atoms. The number of amides is 1. The molecule has 1 aliphatic rings. The van der Waals surface area contributed by atoms with Crippen molar-refractivity contribution in [2.75, 3.05) is 5.32 Å². The van der Waals surface area contributed by atoms with Crippen LogP contribution in [0.1, 0.15) is 36.3 Å². The lowest BCUT2D eigenvalue weighted by atomic mass is 9.89. The highest BCUT2D eigenvalue weighted by molar-refractivity contribution is 8.00. The lowest BCUT2D eigenvalue weighted by molar-refractivity contribution is -0.137. The third kappa shape index (κ3) is 4.68. The van der Waals surface area contributed by atoms with Crippen molar-refractivity contribution in [2.24, 2.45) is 5.92 Å². The van der Waals surface area contributed by atoms with Gasteiger partial charge < -0.3 is 5.32 Å². The summed E-state index contributed by atoms with van der Waals surface area (Å²) in [6, 6.07) is 2.86. The smallest absolute Gasteiger partial charge is 0.324 e. The Labute approximate surface area is 190 Å². The Morgan fingerprint density at radius 1 is 1.35 bits per heavy atom. The van der Waals surface area contributed by atoms with E-state index in [9.17, 15) is 18.0 Å². The first kappa shape index (κ1) is 22.4. The van der Waals surface area contributed by atoms with Gasteiger partial charge >= 0.3 is 6.18 Å². The van der Waals surface area contributed by atoms with Gasteiger partial charge in [-0.05, 0) is 55.9 Å². The highest BCUT2D eigenvalue weighted by Crippen LogP contribution is 2.41. The van der Waals surface area contributed by atoms with E-state index in [1.54, 1.807) is 18.3 Å². The Kier molecular flexibility index (Phi) is 6.20. The summed E-state index contributed by atoms with van der Waals surface area (Å²) < 4.78 is 39.0. The Morgan fingerprint density at radius 3 is 2.87 bits per heavy atom. The summed E-state index contributed by atoms with van der Waals surface area (Å²) in [7, 11) is 0. The second kappa shape index (κ2) is 8.60. The minimum atomic E-state index is -4.52. The third-order valence-corrected chi connectivity index (χ3v) is 7.86. The van der Waals surface area contributed by atoms with Gasteiger partial charge in [-0.3, -0.25) is 4.79 Å². The van der Waals surface area contributed by atoms with E-state index in [2.05, 4.69) is 22.2 Å². The van der Waals surface area contributed by atoms with Crippen molar-refractivity contribution in [2.45, 2.75) is 49.6 Å². The molecular formula is C21H19ClF3N3OS2. The second-order valence-electron chi connectivity index (χ2n) is 7.65.